The van der Waals surface area contributed by atoms with Crippen molar-refractivity contribution in [3.05, 3.63) is 65.1 Å². The summed E-state index contributed by atoms with van der Waals surface area (Å²) >= 11 is 1.26. The van der Waals surface area contributed by atoms with Crippen LogP contribution in [0.1, 0.15) is 28.2 Å². The van der Waals surface area contributed by atoms with Crippen molar-refractivity contribution < 1.29 is 22.4 Å². The SMILES string of the molecule is NS(=O)(=O)c1ccc(CNC(=O)CCc2csc(NC(=O)c3ccco3)n2)cc1. The van der Waals surface area contributed by atoms with Crippen LogP contribution in [0.4, 0.5) is 5.13 Å². The molecule has 152 valence electrons. The van der Waals surface area contributed by atoms with E-state index in [-0.39, 0.29) is 35.4 Å². The Morgan fingerprint density at radius 3 is 2.59 bits per heavy atom. The van der Waals surface area contributed by atoms with Gasteiger partial charge in [-0.05, 0) is 36.2 Å². The van der Waals surface area contributed by atoms with Crippen molar-refractivity contribution in [2.75, 3.05) is 5.32 Å². The van der Waals surface area contributed by atoms with Crippen LogP contribution in [-0.4, -0.2) is 25.2 Å². The minimum atomic E-state index is -3.73. The highest BCUT2D eigenvalue weighted by atomic mass is 32.2. The number of carbonyl (C=O) groups is 2. The van der Waals surface area contributed by atoms with Crippen molar-refractivity contribution in [2.24, 2.45) is 5.14 Å². The first kappa shape index (κ1) is 20.7. The molecule has 0 aliphatic carbocycles. The summed E-state index contributed by atoms with van der Waals surface area (Å²) in [7, 11) is -3.73. The van der Waals surface area contributed by atoms with Crippen LogP contribution in [-0.2, 0) is 27.8 Å². The molecule has 29 heavy (non-hydrogen) atoms. The highest BCUT2D eigenvalue weighted by Gasteiger charge is 2.12. The van der Waals surface area contributed by atoms with Crippen LogP contribution in [0.2, 0.25) is 0 Å². The first-order valence-corrected chi connectivity index (χ1v) is 10.9. The lowest BCUT2D eigenvalue weighted by Crippen LogP contribution is -2.23. The van der Waals surface area contributed by atoms with Crippen molar-refractivity contribution in [1.29, 1.82) is 0 Å². The maximum absolute atomic E-state index is 12.0. The molecule has 4 N–H and O–H groups in total. The fourth-order valence-corrected chi connectivity index (χ4v) is 3.63. The maximum Gasteiger partial charge on any atom is 0.293 e. The van der Waals surface area contributed by atoms with Crippen LogP contribution in [0.15, 0.2) is 57.4 Å². The molecule has 2 heterocycles. The number of hydrogen-bond donors (Lipinski definition) is 3. The number of aryl methyl sites for hydroxylation is 1. The molecule has 11 heteroatoms. The van der Waals surface area contributed by atoms with E-state index in [0.29, 0.717) is 17.2 Å². The molecule has 2 amide bonds. The van der Waals surface area contributed by atoms with Gasteiger partial charge in [-0.2, -0.15) is 0 Å². The van der Waals surface area contributed by atoms with Gasteiger partial charge in [0.15, 0.2) is 10.9 Å². The largest absolute Gasteiger partial charge is 0.459 e. The van der Waals surface area contributed by atoms with Gasteiger partial charge < -0.3 is 9.73 Å². The van der Waals surface area contributed by atoms with Crippen LogP contribution in [0.5, 0.6) is 0 Å². The molecule has 0 aliphatic rings. The number of nitrogens with one attached hydrogen (secondary N) is 2. The molecule has 0 unspecified atom stereocenters. The summed E-state index contributed by atoms with van der Waals surface area (Å²) in [6, 6.07) is 9.14. The number of nitrogens with two attached hydrogens (primary N) is 1. The van der Waals surface area contributed by atoms with E-state index >= 15 is 0 Å². The number of rotatable bonds is 8. The zero-order chi connectivity index (χ0) is 20.9. The fourth-order valence-electron chi connectivity index (χ4n) is 2.37. The average molecular weight is 434 g/mol. The molecule has 0 saturated carbocycles. The summed E-state index contributed by atoms with van der Waals surface area (Å²) in [5.74, 6) is -0.366. The molecule has 0 atom stereocenters. The number of primary sulfonamides is 1. The molecular formula is C18H18N4O5S2. The van der Waals surface area contributed by atoms with Gasteiger partial charge in [0.2, 0.25) is 15.9 Å². The van der Waals surface area contributed by atoms with Gasteiger partial charge in [-0.15, -0.1) is 11.3 Å². The van der Waals surface area contributed by atoms with Gasteiger partial charge in [0, 0.05) is 18.3 Å². The molecule has 0 spiro atoms. The summed E-state index contributed by atoms with van der Waals surface area (Å²) in [5, 5.41) is 12.6. The van der Waals surface area contributed by atoms with Crippen molar-refractivity contribution in [3.8, 4) is 0 Å². The molecule has 2 aromatic heterocycles. The van der Waals surface area contributed by atoms with E-state index in [1.807, 2.05) is 0 Å². The Balaban J connectivity index is 1.44. The number of hydrogen-bond acceptors (Lipinski definition) is 7. The van der Waals surface area contributed by atoms with E-state index < -0.39 is 10.0 Å². The third-order valence-corrected chi connectivity index (χ3v) is 5.60. The Bertz CT molecular complexity index is 1090. The maximum atomic E-state index is 12.0. The van der Waals surface area contributed by atoms with Crippen LogP contribution in [0.3, 0.4) is 0 Å². The molecule has 1 aromatic carbocycles. The summed E-state index contributed by atoms with van der Waals surface area (Å²) in [4.78, 5) is 28.2. The number of sulfonamides is 1. The molecule has 3 rings (SSSR count). The van der Waals surface area contributed by atoms with Gasteiger partial charge in [-0.3, -0.25) is 14.9 Å². The number of furan rings is 1. The summed E-state index contributed by atoms with van der Waals surface area (Å²) in [6.07, 6.45) is 2.06. The zero-order valence-corrected chi connectivity index (χ0v) is 16.8. The molecule has 3 aromatic rings. The first-order chi connectivity index (χ1) is 13.8. The standard InChI is InChI=1S/C18H18N4O5S2/c19-29(25,26)14-6-3-12(4-7-14)10-20-16(23)8-5-13-11-28-18(21-13)22-17(24)15-2-1-9-27-15/h1-4,6-7,9,11H,5,8,10H2,(H,20,23)(H2,19,25,26)(H,21,22,24). The average Bonchev–Trinajstić information content (AvgIpc) is 3.36. The van der Waals surface area contributed by atoms with Crippen LogP contribution in [0.25, 0.3) is 0 Å². The normalized spacial score (nSPS) is 11.2. The predicted octanol–water partition coefficient (Wildman–Crippen LogP) is 1.88. The molecule has 0 fully saturated rings. The first-order valence-electron chi connectivity index (χ1n) is 8.49. The third-order valence-electron chi connectivity index (χ3n) is 3.87. The van der Waals surface area contributed by atoms with Crippen LogP contribution < -0.4 is 15.8 Å². The highest BCUT2D eigenvalue weighted by Crippen LogP contribution is 2.18. The van der Waals surface area contributed by atoms with E-state index in [1.54, 1.807) is 29.6 Å². The molecule has 0 radical (unpaired) electrons. The molecule has 0 aliphatic heterocycles. The molecule has 0 bridgehead atoms. The summed E-state index contributed by atoms with van der Waals surface area (Å²) in [5.41, 5.74) is 1.44. The Morgan fingerprint density at radius 1 is 1.17 bits per heavy atom. The van der Waals surface area contributed by atoms with E-state index in [1.165, 1.54) is 29.7 Å². The summed E-state index contributed by atoms with van der Waals surface area (Å²) < 4.78 is 27.5. The Kier molecular flexibility index (Phi) is 6.42. The number of benzene rings is 1. The number of amides is 2. The lowest BCUT2D eigenvalue weighted by atomic mass is 10.2. The van der Waals surface area contributed by atoms with Gasteiger partial charge in [0.1, 0.15) is 0 Å². The third kappa shape index (κ3) is 5.98. The van der Waals surface area contributed by atoms with Crippen molar-refractivity contribution in [3.63, 3.8) is 0 Å². The molecule has 9 nitrogen and oxygen atoms in total. The number of carbonyl (C=O) groups excluding carboxylic acids is 2. The van der Waals surface area contributed by atoms with Gasteiger partial charge >= 0.3 is 0 Å². The Hall–Kier alpha value is -3.02. The Labute approximate surface area is 171 Å². The topological polar surface area (TPSA) is 144 Å². The van der Waals surface area contributed by atoms with Crippen molar-refractivity contribution >= 4 is 38.3 Å². The minimum absolute atomic E-state index is 0.0195. The van der Waals surface area contributed by atoms with Gasteiger partial charge in [-0.1, -0.05) is 12.1 Å². The van der Waals surface area contributed by atoms with Gasteiger partial charge in [-0.25, -0.2) is 18.5 Å². The van der Waals surface area contributed by atoms with E-state index in [9.17, 15) is 18.0 Å². The van der Waals surface area contributed by atoms with E-state index in [2.05, 4.69) is 15.6 Å². The second kappa shape index (κ2) is 8.99. The van der Waals surface area contributed by atoms with Gasteiger partial charge in [0.25, 0.3) is 5.91 Å². The number of anilines is 1. The van der Waals surface area contributed by atoms with Crippen molar-refractivity contribution in [2.45, 2.75) is 24.3 Å². The molecular weight excluding hydrogens is 416 g/mol. The second-order valence-corrected chi connectivity index (χ2v) is 8.46. The smallest absolute Gasteiger partial charge is 0.293 e. The number of nitrogens with zero attached hydrogens (tertiary/aromatic N) is 1. The number of aromatic nitrogens is 1. The van der Waals surface area contributed by atoms with Crippen LogP contribution >= 0.6 is 11.3 Å². The number of thiazole rings is 1. The minimum Gasteiger partial charge on any atom is -0.459 e. The van der Waals surface area contributed by atoms with E-state index in [4.69, 9.17) is 9.56 Å². The lowest BCUT2D eigenvalue weighted by Gasteiger charge is -2.05. The second-order valence-electron chi connectivity index (χ2n) is 6.04. The highest BCUT2D eigenvalue weighted by molar-refractivity contribution is 7.89. The quantitative estimate of drug-likeness (QED) is 0.494. The fraction of sp³-hybridized carbons (Fsp3) is 0.167. The zero-order valence-electron chi connectivity index (χ0n) is 15.1. The van der Waals surface area contributed by atoms with Crippen LogP contribution in [0, 0.1) is 0 Å². The van der Waals surface area contributed by atoms with E-state index in [0.717, 1.165) is 5.56 Å². The monoisotopic (exact) mass is 434 g/mol. The van der Waals surface area contributed by atoms with Gasteiger partial charge in [0.05, 0.1) is 16.9 Å². The Morgan fingerprint density at radius 2 is 1.93 bits per heavy atom. The summed E-state index contributed by atoms with van der Waals surface area (Å²) in [6.45, 7) is 0.269. The lowest BCUT2D eigenvalue weighted by molar-refractivity contribution is -0.121. The predicted molar refractivity (Wildman–Crippen MR) is 107 cm³/mol. The molecule has 0 saturated heterocycles. The van der Waals surface area contributed by atoms with Crippen molar-refractivity contribution in [1.82, 2.24) is 10.3 Å².